The van der Waals surface area contributed by atoms with Crippen molar-refractivity contribution < 1.29 is 8.42 Å². The molecule has 0 bridgehead atoms. The monoisotopic (exact) mass is 255 g/mol. The van der Waals surface area contributed by atoms with Crippen molar-refractivity contribution >= 4 is 31.4 Å². The largest absolute Gasteiger partial charge is 0.213 e. The van der Waals surface area contributed by atoms with E-state index in [4.69, 9.17) is 0 Å². The first kappa shape index (κ1) is 11.6. The van der Waals surface area contributed by atoms with E-state index < -0.39 is 10.0 Å². The summed E-state index contributed by atoms with van der Waals surface area (Å²) in [7, 11) is -3.16. The van der Waals surface area contributed by atoms with Gasteiger partial charge >= 0.3 is 0 Å². The zero-order valence-electron chi connectivity index (χ0n) is 9.10. The lowest BCUT2D eigenvalue weighted by Gasteiger charge is -2.11. The van der Waals surface area contributed by atoms with Gasteiger partial charge in [0.05, 0.1) is 6.26 Å². The van der Waals surface area contributed by atoms with Crippen LogP contribution < -0.4 is 4.72 Å². The van der Waals surface area contributed by atoms with Crippen LogP contribution in [0.25, 0.3) is 10.1 Å². The predicted octanol–water partition coefficient (Wildman–Crippen LogP) is 2.51. The van der Waals surface area contributed by atoms with Gasteiger partial charge in [0.25, 0.3) is 0 Å². The van der Waals surface area contributed by atoms with Crippen LogP contribution in [0.4, 0.5) is 0 Å². The topological polar surface area (TPSA) is 46.2 Å². The van der Waals surface area contributed by atoms with E-state index in [0.717, 1.165) is 10.9 Å². The Balaban J connectivity index is 2.40. The Labute approximate surface area is 99.2 Å². The summed E-state index contributed by atoms with van der Waals surface area (Å²) in [6, 6.07) is 7.81. The fraction of sp³-hybridized carbons (Fsp3) is 0.273. The van der Waals surface area contributed by atoms with E-state index in [1.54, 1.807) is 11.3 Å². The van der Waals surface area contributed by atoms with Crippen molar-refractivity contribution in [2.75, 3.05) is 6.26 Å². The van der Waals surface area contributed by atoms with E-state index >= 15 is 0 Å². The first-order valence-electron chi connectivity index (χ1n) is 4.91. The highest BCUT2D eigenvalue weighted by atomic mass is 32.2. The maximum absolute atomic E-state index is 11.2. The third-order valence-electron chi connectivity index (χ3n) is 2.37. The second-order valence-corrected chi connectivity index (χ2v) is 6.49. The molecule has 86 valence electrons. The minimum atomic E-state index is -3.16. The summed E-state index contributed by atoms with van der Waals surface area (Å²) in [6.07, 6.45) is 1.18. The lowest BCUT2D eigenvalue weighted by Crippen LogP contribution is -2.25. The zero-order valence-corrected chi connectivity index (χ0v) is 10.7. The van der Waals surface area contributed by atoms with E-state index in [0.29, 0.717) is 0 Å². The average Bonchev–Trinajstić information content (AvgIpc) is 2.58. The molecule has 1 atom stereocenters. The van der Waals surface area contributed by atoms with E-state index in [1.165, 1.54) is 11.0 Å². The van der Waals surface area contributed by atoms with Gasteiger partial charge in [0.2, 0.25) is 10.0 Å². The normalized spacial score (nSPS) is 14.1. The molecule has 1 heterocycles. The highest BCUT2D eigenvalue weighted by molar-refractivity contribution is 7.88. The molecule has 0 radical (unpaired) electrons. The molecule has 1 N–H and O–H groups in total. The molecular weight excluding hydrogens is 242 g/mol. The molecule has 0 aliphatic heterocycles. The molecule has 1 aromatic carbocycles. The molecule has 0 amide bonds. The number of nitrogens with one attached hydrogen (secondary N) is 1. The first-order chi connectivity index (χ1) is 7.47. The number of sulfonamides is 1. The molecule has 16 heavy (non-hydrogen) atoms. The number of hydrogen-bond donors (Lipinski definition) is 1. The SMILES string of the molecule is CC(NS(C)(=O)=O)c1csc2ccccc12. The van der Waals surface area contributed by atoms with Crippen molar-refractivity contribution in [1.29, 1.82) is 0 Å². The van der Waals surface area contributed by atoms with Crippen LogP contribution in [0.3, 0.4) is 0 Å². The van der Waals surface area contributed by atoms with Crippen molar-refractivity contribution in [2.24, 2.45) is 0 Å². The maximum Gasteiger partial charge on any atom is 0.209 e. The summed E-state index contributed by atoms with van der Waals surface area (Å²) in [5, 5.41) is 3.13. The molecule has 0 saturated carbocycles. The molecule has 2 rings (SSSR count). The Morgan fingerprint density at radius 1 is 1.31 bits per heavy atom. The minimum Gasteiger partial charge on any atom is -0.213 e. The van der Waals surface area contributed by atoms with Gasteiger partial charge in [0.15, 0.2) is 0 Å². The molecule has 0 aliphatic rings. The Bertz CT molecular complexity index is 601. The lowest BCUT2D eigenvalue weighted by molar-refractivity contribution is 0.574. The van der Waals surface area contributed by atoms with Gasteiger partial charge in [-0.3, -0.25) is 0 Å². The highest BCUT2D eigenvalue weighted by Crippen LogP contribution is 2.30. The summed E-state index contributed by atoms with van der Waals surface area (Å²) >= 11 is 1.63. The third kappa shape index (κ3) is 2.42. The van der Waals surface area contributed by atoms with Crippen molar-refractivity contribution in [1.82, 2.24) is 4.72 Å². The van der Waals surface area contributed by atoms with E-state index in [9.17, 15) is 8.42 Å². The Morgan fingerprint density at radius 3 is 2.69 bits per heavy atom. The van der Waals surface area contributed by atoms with Crippen LogP contribution in [0.1, 0.15) is 18.5 Å². The number of fused-ring (bicyclic) bond motifs is 1. The van der Waals surface area contributed by atoms with Gasteiger partial charge in [-0.2, -0.15) is 0 Å². The van der Waals surface area contributed by atoms with Gasteiger partial charge in [-0.1, -0.05) is 18.2 Å². The summed E-state index contributed by atoms with van der Waals surface area (Å²) < 4.78 is 26.1. The van der Waals surface area contributed by atoms with Crippen molar-refractivity contribution in [3.05, 3.63) is 35.2 Å². The zero-order chi connectivity index (χ0) is 11.8. The minimum absolute atomic E-state index is 0.189. The summed E-state index contributed by atoms with van der Waals surface area (Å²) in [6.45, 7) is 1.86. The number of benzene rings is 1. The summed E-state index contributed by atoms with van der Waals surface area (Å²) in [5.74, 6) is 0. The Morgan fingerprint density at radius 2 is 2.00 bits per heavy atom. The Hall–Kier alpha value is -0.910. The van der Waals surface area contributed by atoms with E-state index in [1.807, 2.05) is 36.6 Å². The maximum atomic E-state index is 11.2. The third-order valence-corrected chi connectivity index (χ3v) is 4.13. The summed E-state index contributed by atoms with van der Waals surface area (Å²) in [4.78, 5) is 0. The van der Waals surface area contributed by atoms with Gasteiger partial charge < -0.3 is 0 Å². The fourth-order valence-corrected chi connectivity index (χ4v) is 3.54. The van der Waals surface area contributed by atoms with Gasteiger partial charge in [0.1, 0.15) is 0 Å². The molecule has 5 heteroatoms. The van der Waals surface area contributed by atoms with Crippen LogP contribution in [0.2, 0.25) is 0 Å². The van der Waals surface area contributed by atoms with Gasteiger partial charge in [-0.05, 0) is 29.3 Å². The van der Waals surface area contributed by atoms with Crippen LogP contribution in [-0.2, 0) is 10.0 Å². The second kappa shape index (κ2) is 4.16. The van der Waals surface area contributed by atoms with Crippen molar-refractivity contribution in [2.45, 2.75) is 13.0 Å². The molecule has 3 nitrogen and oxygen atoms in total. The number of hydrogen-bond acceptors (Lipinski definition) is 3. The molecule has 0 spiro atoms. The van der Waals surface area contributed by atoms with E-state index in [-0.39, 0.29) is 6.04 Å². The Kier molecular flexibility index (Phi) is 3.01. The predicted molar refractivity (Wildman–Crippen MR) is 68.2 cm³/mol. The van der Waals surface area contributed by atoms with E-state index in [2.05, 4.69) is 4.72 Å². The standard InChI is InChI=1S/C11H13NO2S2/c1-8(12-16(2,13)14)10-7-15-11-6-4-3-5-9(10)11/h3-8,12H,1-2H3. The molecule has 2 aromatic rings. The number of rotatable bonds is 3. The highest BCUT2D eigenvalue weighted by Gasteiger charge is 2.14. The molecule has 1 aromatic heterocycles. The molecule has 0 saturated heterocycles. The molecule has 1 unspecified atom stereocenters. The van der Waals surface area contributed by atoms with Crippen LogP contribution in [0, 0.1) is 0 Å². The molecule has 0 aliphatic carbocycles. The van der Waals surface area contributed by atoms with Crippen LogP contribution >= 0.6 is 11.3 Å². The average molecular weight is 255 g/mol. The summed E-state index contributed by atoms with van der Waals surface area (Å²) in [5.41, 5.74) is 1.03. The quantitative estimate of drug-likeness (QED) is 0.916. The molecule has 0 fully saturated rings. The van der Waals surface area contributed by atoms with Crippen molar-refractivity contribution in [3.63, 3.8) is 0 Å². The van der Waals surface area contributed by atoms with Gasteiger partial charge in [0, 0.05) is 10.7 Å². The van der Waals surface area contributed by atoms with Crippen LogP contribution in [0.5, 0.6) is 0 Å². The second-order valence-electron chi connectivity index (χ2n) is 3.80. The van der Waals surface area contributed by atoms with Crippen LogP contribution in [-0.4, -0.2) is 14.7 Å². The van der Waals surface area contributed by atoms with Crippen molar-refractivity contribution in [3.8, 4) is 0 Å². The van der Waals surface area contributed by atoms with Gasteiger partial charge in [-0.25, -0.2) is 13.1 Å². The smallest absolute Gasteiger partial charge is 0.209 e. The lowest BCUT2D eigenvalue weighted by atomic mass is 10.1. The molecular formula is C11H13NO2S2. The van der Waals surface area contributed by atoms with Crippen LogP contribution in [0.15, 0.2) is 29.6 Å². The number of thiophene rings is 1. The first-order valence-corrected chi connectivity index (χ1v) is 7.68. The fourth-order valence-electron chi connectivity index (χ4n) is 1.72. The van der Waals surface area contributed by atoms with Gasteiger partial charge in [-0.15, -0.1) is 11.3 Å².